The number of rotatable bonds is 4. The van der Waals surface area contributed by atoms with E-state index in [-0.39, 0.29) is 5.56 Å². The van der Waals surface area contributed by atoms with Crippen LogP contribution in [0.1, 0.15) is 24.1 Å². The zero-order valence-electron chi connectivity index (χ0n) is 10.8. The number of alkyl halides is 3. The van der Waals surface area contributed by atoms with E-state index >= 15 is 0 Å². The Bertz CT molecular complexity index is 442. The fourth-order valence-corrected chi connectivity index (χ4v) is 1.57. The van der Waals surface area contributed by atoms with Crippen LogP contribution in [0.15, 0.2) is 24.3 Å². The number of halogens is 3. The van der Waals surface area contributed by atoms with E-state index < -0.39 is 12.2 Å². The maximum atomic E-state index is 12.7. The first-order valence-electron chi connectivity index (χ1n) is 5.89. The van der Waals surface area contributed by atoms with Crippen molar-refractivity contribution < 1.29 is 17.9 Å². The SMILES string of the molecule is CCOCC#Cc1ccc(C(NC)C(F)(F)F)cc1. The summed E-state index contributed by atoms with van der Waals surface area (Å²) in [6.45, 7) is 2.77. The lowest BCUT2D eigenvalue weighted by atomic mass is 10.0. The van der Waals surface area contributed by atoms with Gasteiger partial charge in [0.05, 0.1) is 0 Å². The fraction of sp³-hybridized carbons (Fsp3) is 0.429. The van der Waals surface area contributed by atoms with E-state index in [2.05, 4.69) is 17.2 Å². The lowest BCUT2D eigenvalue weighted by Gasteiger charge is -2.19. The average Bonchev–Trinajstić information content (AvgIpc) is 2.35. The molecule has 0 aliphatic rings. The molecule has 0 aliphatic carbocycles. The summed E-state index contributed by atoms with van der Waals surface area (Å²) in [6, 6.07) is 4.35. The van der Waals surface area contributed by atoms with Gasteiger partial charge in [-0.1, -0.05) is 24.0 Å². The molecule has 1 aromatic rings. The van der Waals surface area contributed by atoms with Crippen LogP contribution < -0.4 is 5.32 Å². The maximum absolute atomic E-state index is 12.7. The molecule has 1 atom stereocenters. The molecule has 0 aromatic heterocycles. The molecule has 2 nitrogen and oxygen atoms in total. The molecule has 0 spiro atoms. The van der Waals surface area contributed by atoms with Gasteiger partial charge in [0.25, 0.3) is 0 Å². The standard InChI is InChI=1S/C14H16F3NO/c1-3-19-10-4-5-11-6-8-12(9-7-11)13(18-2)14(15,16)17/h6-9,13,18H,3,10H2,1-2H3. The van der Waals surface area contributed by atoms with Gasteiger partial charge in [-0.15, -0.1) is 0 Å². The van der Waals surface area contributed by atoms with Gasteiger partial charge in [-0.25, -0.2) is 0 Å². The molecule has 1 unspecified atom stereocenters. The minimum atomic E-state index is -4.31. The summed E-state index contributed by atoms with van der Waals surface area (Å²) in [5.41, 5.74) is 0.839. The van der Waals surface area contributed by atoms with Crippen molar-refractivity contribution in [3.05, 3.63) is 35.4 Å². The molecule has 0 saturated carbocycles. The molecule has 0 heterocycles. The molecule has 0 radical (unpaired) electrons. The van der Waals surface area contributed by atoms with Gasteiger partial charge in [-0.05, 0) is 31.7 Å². The third-order valence-electron chi connectivity index (χ3n) is 2.47. The molecule has 0 bridgehead atoms. The van der Waals surface area contributed by atoms with Crippen LogP contribution in [0.4, 0.5) is 13.2 Å². The average molecular weight is 271 g/mol. The number of nitrogens with one attached hydrogen (secondary N) is 1. The zero-order chi connectivity index (χ0) is 14.3. The number of benzene rings is 1. The van der Waals surface area contributed by atoms with Crippen LogP contribution in [-0.2, 0) is 4.74 Å². The summed E-state index contributed by atoms with van der Waals surface area (Å²) in [5.74, 6) is 5.61. The highest BCUT2D eigenvalue weighted by atomic mass is 19.4. The highest BCUT2D eigenvalue weighted by Gasteiger charge is 2.39. The van der Waals surface area contributed by atoms with E-state index in [1.54, 1.807) is 12.1 Å². The zero-order valence-corrected chi connectivity index (χ0v) is 10.8. The van der Waals surface area contributed by atoms with Crippen molar-refractivity contribution in [1.82, 2.24) is 5.32 Å². The molecule has 0 fully saturated rings. The predicted octanol–water partition coefficient (Wildman–Crippen LogP) is 2.90. The molecule has 0 saturated heterocycles. The van der Waals surface area contributed by atoms with Crippen LogP contribution >= 0.6 is 0 Å². The molecular formula is C14H16F3NO. The monoisotopic (exact) mass is 271 g/mol. The summed E-state index contributed by atoms with van der Waals surface area (Å²) in [4.78, 5) is 0. The van der Waals surface area contributed by atoms with Gasteiger partial charge in [0, 0.05) is 12.2 Å². The van der Waals surface area contributed by atoms with E-state index in [0.29, 0.717) is 18.8 Å². The number of hydrogen-bond donors (Lipinski definition) is 1. The van der Waals surface area contributed by atoms with Gasteiger partial charge in [0.1, 0.15) is 12.6 Å². The minimum absolute atomic E-state index is 0.172. The van der Waals surface area contributed by atoms with Crippen molar-refractivity contribution in [2.24, 2.45) is 0 Å². The molecule has 1 rings (SSSR count). The Balaban J connectivity index is 2.77. The summed E-state index contributed by atoms with van der Waals surface area (Å²) < 4.78 is 43.1. The van der Waals surface area contributed by atoms with Gasteiger partial charge in [0.2, 0.25) is 0 Å². The fourth-order valence-electron chi connectivity index (χ4n) is 1.57. The Hall–Kier alpha value is -1.51. The second-order valence-electron chi connectivity index (χ2n) is 3.82. The Morgan fingerprint density at radius 2 is 1.89 bits per heavy atom. The van der Waals surface area contributed by atoms with Crippen LogP contribution in [0.25, 0.3) is 0 Å². The van der Waals surface area contributed by atoms with Crippen LogP contribution in [0.2, 0.25) is 0 Å². The molecule has 5 heteroatoms. The van der Waals surface area contributed by atoms with Crippen molar-refractivity contribution in [3.63, 3.8) is 0 Å². The molecule has 104 valence electrons. The number of ether oxygens (including phenoxy) is 1. The highest BCUT2D eigenvalue weighted by molar-refractivity contribution is 5.37. The molecule has 0 aliphatic heterocycles. The van der Waals surface area contributed by atoms with E-state index in [1.807, 2.05) is 6.92 Å². The quantitative estimate of drug-likeness (QED) is 0.671. The molecule has 0 amide bonds. The Morgan fingerprint density at radius 1 is 1.26 bits per heavy atom. The second kappa shape index (κ2) is 7.17. The highest BCUT2D eigenvalue weighted by Crippen LogP contribution is 2.32. The Labute approximate surface area is 111 Å². The summed E-state index contributed by atoms with van der Waals surface area (Å²) in [5, 5.41) is 2.26. The molecule has 1 aromatic carbocycles. The van der Waals surface area contributed by atoms with E-state index in [0.717, 1.165) is 0 Å². The van der Waals surface area contributed by atoms with Gasteiger partial charge >= 0.3 is 6.18 Å². The van der Waals surface area contributed by atoms with Crippen molar-refractivity contribution in [2.45, 2.75) is 19.1 Å². The largest absolute Gasteiger partial charge is 0.407 e. The lowest BCUT2D eigenvalue weighted by Crippen LogP contribution is -2.31. The van der Waals surface area contributed by atoms with Gasteiger partial charge < -0.3 is 10.1 Å². The first kappa shape index (κ1) is 15.5. The van der Waals surface area contributed by atoms with Gasteiger partial charge in [-0.3, -0.25) is 0 Å². The summed E-state index contributed by atoms with van der Waals surface area (Å²) >= 11 is 0. The van der Waals surface area contributed by atoms with Crippen molar-refractivity contribution in [3.8, 4) is 11.8 Å². The summed E-state index contributed by atoms with van der Waals surface area (Å²) in [7, 11) is 1.29. The normalized spacial score (nSPS) is 12.7. The van der Waals surface area contributed by atoms with E-state index in [1.165, 1.54) is 19.2 Å². The van der Waals surface area contributed by atoms with Crippen molar-refractivity contribution in [1.29, 1.82) is 0 Å². The first-order chi connectivity index (χ1) is 8.99. The third kappa shape index (κ3) is 4.93. The topological polar surface area (TPSA) is 21.3 Å². The minimum Gasteiger partial charge on any atom is -0.369 e. The van der Waals surface area contributed by atoms with Crippen molar-refractivity contribution >= 4 is 0 Å². The van der Waals surface area contributed by atoms with Crippen LogP contribution in [0.3, 0.4) is 0 Å². The third-order valence-corrected chi connectivity index (χ3v) is 2.47. The predicted molar refractivity (Wildman–Crippen MR) is 67.7 cm³/mol. The molecule has 1 N–H and O–H groups in total. The van der Waals surface area contributed by atoms with E-state index in [9.17, 15) is 13.2 Å². The lowest BCUT2D eigenvalue weighted by molar-refractivity contribution is -0.156. The smallest absolute Gasteiger partial charge is 0.369 e. The number of hydrogen-bond acceptors (Lipinski definition) is 2. The molecule has 19 heavy (non-hydrogen) atoms. The summed E-state index contributed by atoms with van der Waals surface area (Å²) in [6.07, 6.45) is -4.31. The molecular weight excluding hydrogens is 255 g/mol. The first-order valence-corrected chi connectivity index (χ1v) is 5.89. The Morgan fingerprint density at radius 3 is 2.37 bits per heavy atom. The Kier molecular flexibility index (Phi) is 5.87. The van der Waals surface area contributed by atoms with Gasteiger partial charge in [-0.2, -0.15) is 13.2 Å². The van der Waals surface area contributed by atoms with Crippen molar-refractivity contribution in [2.75, 3.05) is 20.3 Å². The second-order valence-corrected chi connectivity index (χ2v) is 3.82. The van der Waals surface area contributed by atoms with Crippen LogP contribution in [-0.4, -0.2) is 26.4 Å². The van der Waals surface area contributed by atoms with Crippen LogP contribution in [0, 0.1) is 11.8 Å². The van der Waals surface area contributed by atoms with Gasteiger partial charge in [0.15, 0.2) is 0 Å². The maximum Gasteiger partial charge on any atom is 0.407 e. The van der Waals surface area contributed by atoms with E-state index in [4.69, 9.17) is 4.74 Å². The van der Waals surface area contributed by atoms with Crippen LogP contribution in [0.5, 0.6) is 0 Å².